The maximum absolute atomic E-state index is 9.25. The minimum atomic E-state index is -0.405. The van der Waals surface area contributed by atoms with Gasteiger partial charge in [0.25, 0.3) is 0 Å². The van der Waals surface area contributed by atoms with E-state index in [-0.39, 0.29) is 0 Å². The minimum Gasteiger partial charge on any atom is -0.374 e. The van der Waals surface area contributed by atoms with Crippen molar-refractivity contribution in [1.82, 2.24) is 5.32 Å². The van der Waals surface area contributed by atoms with Gasteiger partial charge < -0.3 is 4.90 Å². The average molecular weight is 273 g/mol. The van der Waals surface area contributed by atoms with Crippen LogP contribution in [0.25, 0.3) is 0 Å². The van der Waals surface area contributed by atoms with Gasteiger partial charge in [0.2, 0.25) is 0 Å². The van der Waals surface area contributed by atoms with Crippen LogP contribution in [0.15, 0.2) is 18.2 Å². The fourth-order valence-corrected chi connectivity index (χ4v) is 2.60. The van der Waals surface area contributed by atoms with Gasteiger partial charge in [-0.2, -0.15) is 5.26 Å². The number of aryl methyl sites for hydroxylation is 2. The quantitative estimate of drug-likeness (QED) is 0.827. The SMILES string of the molecule is CCNC(C)(C#N)CCCN(C)c1ccc(C)cc1C. The van der Waals surface area contributed by atoms with Crippen molar-refractivity contribution in [3.8, 4) is 6.07 Å². The molecule has 0 fully saturated rings. The highest BCUT2D eigenvalue weighted by atomic mass is 15.1. The molecule has 0 saturated carbocycles. The highest BCUT2D eigenvalue weighted by Crippen LogP contribution is 2.21. The number of nitrogens with zero attached hydrogens (tertiary/aromatic N) is 2. The van der Waals surface area contributed by atoms with E-state index < -0.39 is 5.54 Å². The first-order chi connectivity index (χ1) is 9.41. The second-order valence-electron chi connectivity index (χ2n) is 5.79. The number of rotatable bonds is 7. The third-order valence-corrected chi connectivity index (χ3v) is 3.75. The first-order valence-electron chi connectivity index (χ1n) is 7.36. The second kappa shape index (κ2) is 7.31. The Morgan fingerprint density at radius 1 is 1.35 bits per heavy atom. The number of nitriles is 1. The minimum absolute atomic E-state index is 0.405. The Morgan fingerprint density at radius 3 is 2.60 bits per heavy atom. The highest BCUT2D eigenvalue weighted by Gasteiger charge is 2.21. The van der Waals surface area contributed by atoms with Gasteiger partial charge in [0.05, 0.1) is 6.07 Å². The van der Waals surface area contributed by atoms with Crippen molar-refractivity contribution < 1.29 is 0 Å². The summed E-state index contributed by atoms with van der Waals surface area (Å²) in [6, 6.07) is 8.92. The number of nitrogens with one attached hydrogen (secondary N) is 1. The number of hydrogen-bond acceptors (Lipinski definition) is 3. The highest BCUT2D eigenvalue weighted by molar-refractivity contribution is 5.53. The van der Waals surface area contributed by atoms with E-state index in [4.69, 9.17) is 0 Å². The van der Waals surface area contributed by atoms with E-state index in [9.17, 15) is 5.26 Å². The third-order valence-electron chi connectivity index (χ3n) is 3.75. The van der Waals surface area contributed by atoms with E-state index in [0.29, 0.717) is 0 Å². The standard InChI is InChI=1S/C17H27N3/c1-6-19-17(4,13-18)10-7-11-20(5)16-9-8-14(2)12-15(16)3/h8-9,12,19H,6-7,10-11H2,1-5H3. The summed E-state index contributed by atoms with van der Waals surface area (Å²) in [5.74, 6) is 0. The molecular weight excluding hydrogens is 246 g/mol. The van der Waals surface area contributed by atoms with Crippen molar-refractivity contribution in [1.29, 1.82) is 5.26 Å². The summed E-state index contributed by atoms with van der Waals surface area (Å²) in [5, 5.41) is 12.5. The molecule has 0 radical (unpaired) electrons. The maximum Gasteiger partial charge on any atom is 0.103 e. The van der Waals surface area contributed by atoms with Gasteiger partial charge in [-0.05, 0) is 51.8 Å². The van der Waals surface area contributed by atoms with Gasteiger partial charge in [0, 0.05) is 19.3 Å². The Kier molecular flexibility index (Phi) is 6.04. The molecule has 0 aromatic heterocycles. The molecule has 0 aliphatic heterocycles. The second-order valence-corrected chi connectivity index (χ2v) is 5.79. The van der Waals surface area contributed by atoms with Crippen molar-refractivity contribution in [2.45, 2.75) is 46.1 Å². The monoisotopic (exact) mass is 273 g/mol. The third kappa shape index (κ3) is 4.54. The van der Waals surface area contributed by atoms with Crippen molar-refractivity contribution in [2.75, 3.05) is 25.0 Å². The van der Waals surface area contributed by atoms with Gasteiger partial charge in [-0.25, -0.2) is 0 Å². The van der Waals surface area contributed by atoms with Crippen LogP contribution in [0.1, 0.15) is 37.8 Å². The molecule has 20 heavy (non-hydrogen) atoms. The van der Waals surface area contributed by atoms with Crippen LogP contribution in [0.2, 0.25) is 0 Å². The van der Waals surface area contributed by atoms with E-state index in [2.05, 4.69) is 55.4 Å². The molecular formula is C17H27N3. The van der Waals surface area contributed by atoms with Crippen LogP contribution in [-0.4, -0.2) is 25.7 Å². The molecule has 0 aliphatic rings. The van der Waals surface area contributed by atoms with Crippen LogP contribution in [-0.2, 0) is 0 Å². The zero-order chi connectivity index (χ0) is 15.2. The predicted molar refractivity (Wildman–Crippen MR) is 86.1 cm³/mol. The number of anilines is 1. The molecule has 1 N–H and O–H groups in total. The lowest BCUT2D eigenvalue weighted by molar-refractivity contribution is 0.418. The molecule has 3 nitrogen and oxygen atoms in total. The summed E-state index contributed by atoms with van der Waals surface area (Å²) in [6.45, 7) is 10.1. The van der Waals surface area contributed by atoms with Crippen molar-refractivity contribution in [3.05, 3.63) is 29.3 Å². The van der Waals surface area contributed by atoms with E-state index in [1.807, 2.05) is 13.8 Å². The molecule has 1 aromatic carbocycles. The smallest absolute Gasteiger partial charge is 0.103 e. The molecule has 1 unspecified atom stereocenters. The zero-order valence-corrected chi connectivity index (χ0v) is 13.5. The van der Waals surface area contributed by atoms with E-state index in [1.165, 1.54) is 16.8 Å². The summed E-state index contributed by atoms with van der Waals surface area (Å²) in [6.07, 6.45) is 1.87. The lowest BCUT2D eigenvalue weighted by Crippen LogP contribution is -2.41. The summed E-state index contributed by atoms with van der Waals surface area (Å²) in [7, 11) is 2.12. The lowest BCUT2D eigenvalue weighted by Gasteiger charge is -2.26. The fourth-order valence-electron chi connectivity index (χ4n) is 2.60. The molecule has 0 heterocycles. The first kappa shape index (κ1) is 16.5. The molecule has 1 atom stereocenters. The summed E-state index contributed by atoms with van der Waals surface area (Å²) >= 11 is 0. The van der Waals surface area contributed by atoms with E-state index in [0.717, 1.165) is 25.9 Å². The van der Waals surface area contributed by atoms with E-state index >= 15 is 0 Å². The van der Waals surface area contributed by atoms with Gasteiger partial charge in [-0.3, -0.25) is 5.32 Å². The molecule has 0 spiro atoms. The van der Waals surface area contributed by atoms with E-state index in [1.54, 1.807) is 0 Å². The molecule has 0 aliphatic carbocycles. The Hall–Kier alpha value is -1.53. The Bertz CT molecular complexity index is 476. The summed E-state index contributed by atoms with van der Waals surface area (Å²) < 4.78 is 0. The van der Waals surface area contributed by atoms with Crippen LogP contribution in [0.4, 0.5) is 5.69 Å². The molecule has 1 rings (SSSR count). The van der Waals surface area contributed by atoms with Crippen molar-refractivity contribution in [2.24, 2.45) is 0 Å². The Balaban J connectivity index is 2.55. The lowest BCUT2D eigenvalue weighted by atomic mass is 9.97. The average Bonchev–Trinajstić information content (AvgIpc) is 2.38. The summed E-state index contributed by atoms with van der Waals surface area (Å²) in [5.41, 5.74) is 3.47. The summed E-state index contributed by atoms with van der Waals surface area (Å²) in [4.78, 5) is 2.28. The molecule has 1 aromatic rings. The maximum atomic E-state index is 9.25. The Morgan fingerprint density at radius 2 is 2.05 bits per heavy atom. The van der Waals surface area contributed by atoms with Gasteiger partial charge in [0.1, 0.15) is 5.54 Å². The predicted octanol–water partition coefficient (Wildman–Crippen LogP) is 3.41. The first-order valence-corrected chi connectivity index (χ1v) is 7.36. The molecule has 0 amide bonds. The van der Waals surface area contributed by atoms with Gasteiger partial charge in [-0.1, -0.05) is 24.6 Å². The fraction of sp³-hybridized carbons (Fsp3) is 0.588. The van der Waals surface area contributed by atoms with Crippen molar-refractivity contribution >= 4 is 5.69 Å². The van der Waals surface area contributed by atoms with Crippen LogP contribution < -0.4 is 10.2 Å². The van der Waals surface area contributed by atoms with Gasteiger partial charge in [-0.15, -0.1) is 0 Å². The zero-order valence-electron chi connectivity index (χ0n) is 13.5. The van der Waals surface area contributed by atoms with Gasteiger partial charge >= 0.3 is 0 Å². The van der Waals surface area contributed by atoms with Gasteiger partial charge in [0.15, 0.2) is 0 Å². The van der Waals surface area contributed by atoms with Crippen LogP contribution in [0.3, 0.4) is 0 Å². The topological polar surface area (TPSA) is 39.1 Å². The largest absolute Gasteiger partial charge is 0.374 e. The van der Waals surface area contributed by atoms with Crippen LogP contribution in [0, 0.1) is 25.2 Å². The number of hydrogen-bond donors (Lipinski definition) is 1. The Labute approximate surface area is 123 Å². The molecule has 110 valence electrons. The number of benzene rings is 1. The molecule has 0 saturated heterocycles. The van der Waals surface area contributed by atoms with Crippen LogP contribution >= 0.6 is 0 Å². The normalized spacial score (nSPS) is 13.6. The molecule has 0 bridgehead atoms. The van der Waals surface area contributed by atoms with Crippen molar-refractivity contribution in [3.63, 3.8) is 0 Å². The van der Waals surface area contributed by atoms with Crippen LogP contribution in [0.5, 0.6) is 0 Å². The molecule has 3 heteroatoms.